The fourth-order valence-corrected chi connectivity index (χ4v) is 3.27. The van der Waals surface area contributed by atoms with Gasteiger partial charge in [-0.3, -0.25) is 0 Å². The van der Waals surface area contributed by atoms with Crippen LogP contribution in [-0.4, -0.2) is 18.5 Å². The summed E-state index contributed by atoms with van der Waals surface area (Å²) >= 11 is 0. The number of nitrogens with one attached hydrogen (secondary N) is 1. The number of hydrogen-bond donors (Lipinski definition) is 1. The van der Waals surface area contributed by atoms with Crippen molar-refractivity contribution < 1.29 is 8.78 Å². The zero-order valence-electron chi connectivity index (χ0n) is 13.0. The van der Waals surface area contributed by atoms with Crippen molar-refractivity contribution >= 4 is 0 Å². The molecule has 0 aliphatic heterocycles. The lowest BCUT2D eigenvalue weighted by Gasteiger charge is -2.34. The van der Waals surface area contributed by atoms with E-state index in [1.807, 2.05) is 6.07 Å². The molecule has 2 rings (SSSR count). The van der Waals surface area contributed by atoms with Gasteiger partial charge in [-0.05, 0) is 50.1 Å². The molecule has 1 fully saturated rings. The van der Waals surface area contributed by atoms with E-state index in [1.165, 1.54) is 5.56 Å². The molecule has 1 N–H and O–H groups in total. The highest BCUT2D eigenvalue weighted by Gasteiger charge is 2.37. The summed E-state index contributed by atoms with van der Waals surface area (Å²) in [5.41, 5.74) is 1.34. The van der Waals surface area contributed by atoms with Crippen LogP contribution in [0.4, 0.5) is 8.78 Å². The molecular formula is C18H27F2N. The van der Waals surface area contributed by atoms with E-state index < -0.39 is 5.92 Å². The summed E-state index contributed by atoms with van der Waals surface area (Å²) in [7, 11) is 0. The molecule has 1 aromatic carbocycles. The Labute approximate surface area is 127 Å². The lowest BCUT2D eigenvalue weighted by atomic mass is 9.80. The zero-order chi connectivity index (χ0) is 15.1. The van der Waals surface area contributed by atoms with Crippen LogP contribution in [0.5, 0.6) is 0 Å². The van der Waals surface area contributed by atoms with E-state index >= 15 is 0 Å². The van der Waals surface area contributed by atoms with Crippen LogP contribution < -0.4 is 5.32 Å². The van der Waals surface area contributed by atoms with Crippen molar-refractivity contribution in [3.05, 3.63) is 35.9 Å². The molecule has 1 saturated carbocycles. The lowest BCUT2D eigenvalue weighted by Crippen LogP contribution is -2.40. The Kier molecular flexibility index (Phi) is 6.16. The molecule has 1 nitrogen and oxygen atoms in total. The fourth-order valence-electron chi connectivity index (χ4n) is 3.27. The smallest absolute Gasteiger partial charge is 0.248 e. The van der Waals surface area contributed by atoms with Crippen LogP contribution in [0.25, 0.3) is 0 Å². The molecule has 118 valence electrons. The summed E-state index contributed by atoms with van der Waals surface area (Å²) in [5.74, 6) is -2.02. The van der Waals surface area contributed by atoms with E-state index in [1.54, 1.807) is 0 Å². The Morgan fingerprint density at radius 2 is 1.86 bits per heavy atom. The maximum atomic E-state index is 13.3. The van der Waals surface area contributed by atoms with E-state index in [2.05, 4.69) is 36.5 Å². The van der Waals surface area contributed by atoms with Gasteiger partial charge in [-0.1, -0.05) is 37.3 Å². The third kappa shape index (κ3) is 5.39. The van der Waals surface area contributed by atoms with E-state index in [-0.39, 0.29) is 12.8 Å². The van der Waals surface area contributed by atoms with Crippen LogP contribution in [-0.2, 0) is 6.42 Å². The van der Waals surface area contributed by atoms with Gasteiger partial charge in [-0.25, -0.2) is 8.78 Å². The van der Waals surface area contributed by atoms with E-state index in [4.69, 9.17) is 0 Å². The molecule has 1 atom stereocenters. The Bertz CT molecular complexity index is 395. The van der Waals surface area contributed by atoms with Crippen LogP contribution >= 0.6 is 0 Å². The number of hydrogen-bond acceptors (Lipinski definition) is 1. The summed E-state index contributed by atoms with van der Waals surface area (Å²) in [6, 6.07) is 10.8. The van der Waals surface area contributed by atoms with Crippen LogP contribution in [0.15, 0.2) is 30.3 Å². The molecule has 1 unspecified atom stereocenters. The minimum absolute atomic E-state index is 0.0628. The Morgan fingerprint density at radius 3 is 2.48 bits per heavy atom. The van der Waals surface area contributed by atoms with Gasteiger partial charge in [0, 0.05) is 18.9 Å². The molecule has 1 aromatic rings. The second-order valence-corrected chi connectivity index (χ2v) is 6.28. The second-order valence-electron chi connectivity index (χ2n) is 6.28. The lowest BCUT2D eigenvalue weighted by molar-refractivity contribution is -0.0498. The maximum Gasteiger partial charge on any atom is 0.248 e. The van der Waals surface area contributed by atoms with E-state index in [9.17, 15) is 8.78 Å². The first kappa shape index (κ1) is 16.4. The molecule has 21 heavy (non-hydrogen) atoms. The summed E-state index contributed by atoms with van der Waals surface area (Å²) in [5, 5.41) is 3.59. The normalized spacial score (nSPS) is 20.3. The molecular weight excluding hydrogens is 268 g/mol. The first-order chi connectivity index (χ1) is 10.1. The molecule has 0 aromatic heterocycles. The highest BCUT2D eigenvalue weighted by atomic mass is 19.3. The second kappa shape index (κ2) is 7.88. The van der Waals surface area contributed by atoms with Gasteiger partial charge in [0.25, 0.3) is 0 Å². The number of alkyl halides is 2. The van der Waals surface area contributed by atoms with Gasteiger partial charge in [0.05, 0.1) is 0 Å². The third-order valence-electron chi connectivity index (χ3n) is 4.57. The van der Waals surface area contributed by atoms with Gasteiger partial charge >= 0.3 is 0 Å². The van der Waals surface area contributed by atoms with Gasteiger partial charge in [0.15, 0.2) is 0 Å². The fraction of sp³-hybridized carbons (Fsp3) is 0.667. The molecule has 1 aliphatic carbocycles. The van der Waals surface area contributed by atoms with Gasteiger partial charge < -0.3 is 5.32 Å². The summed E-state index contributed by atoms with van der Waals surface area (Å²) in [6.07, 6.45) is 4.59. The highest BCUT2D eigenvalue weighted by molar-refractivity contribution is 5.14. The number of aryl methyl sites for hydroxylation is 1. The predicted octanol–water partition coefficient (Wildman–Crippen LogP) is 4.81. The monoisotopic (exact) mass is 295 g/mol. The SMILES string of the molecule is CCCNC(CCc1ccccc1)C1CCC(F)(F)CC1. The van der Waals surface area contributed by atoms with Gasteiger partial charge in [0.1, 0.15) is 0 Å². The topological polar surface area (TPSA) is 12.0 Å². The maximum absolute atomic E-state index is 13.3. The number of halogens is 2. The van der Waals surface area contributed by atoms with Crippen molar-refractivity contribution in [2.75, 3.05) is 6.54 Å². The molecule has 0 amide bonds. The van der Waals surface area contributed by atoms with E-state index in [0.29, 0.717) is 24.8 Å². The first-order valence-corrected chi connectivity index (χ1v) is 8.26. The van der Waals surface area contributed by atoms with Crippen LogP contribution in [0.3, 0.4) is 0 Å². The molecule has 0 spiro atoms. The summed E-state index contributed by atoms with van der Waals surface area (Å²) in [4.78, 5) is 0. The number of rotatable bonds is 7. The van der Waals surface area contributed by atoms with Crippen molar-refractivity contribution in [2.45, 2.75) is 63.8 Å². The Balaban J connectivity index is 1.88. The summed E-state index contributed by atoms with van der Waals surface area (Å²) in [6.45, 7) is 3.13. The average molecular weight is 295 g/mol. The standard InChI is InChI=1S/C18H27F2N/c1-2-14-21-17(9-8-15-6-4-3-5-7-15)16-10-12-18(19,20)13-11-16/h3-7,16-17,21H,2,8-14H2,1H3. The van der Waals surface area contributed by atoms with Gasteiger partial charge in [-0.2, -0.15) is 0 Å². The van der Waals surface area contributed by atoms with E-state index in [0.717, 1.165) is 25.8 Å². The molecule has 0 saturated heterocycles. The molecule has 3 heteroatoms. The largest absolute Gasteiger partial charge is 0.314 e. The number of benzene rings is 1. The van der Waals surface area contributed by atoms with Crippen LogP contribution in [0.2, 0.25) is 0 Å². The molecule has 0 heterocycles. The van der Waals surface area contributed by atoms with Crippen molar-refractivity contribution in [3.63, 3.8) is 0 Å². The Hall–Kier alpha value is -0.960. The average Bonchev–Trinajstić information content (AvgIpc) is 2.49. The van der Waals surface area contributed by atoms with Crippen LogP contribution in [0.1, 0.15) is 51.0 Å². The molecule has 0 bridgehead atoms. The third-order valence-corrected chi connectivity index (χ3v) is 4.57. The van der Waals surface area contributed by atoms with Crippen molar-refractivity contribution in [1.29, 1.82) is 0 Å². The van der Waals surface area contributed by atoms with Gasteiger partial charge in [0.2, 0.25) is 5.92 Å². The minimum Gasteiger partial charge on any atom is -0.314 e. The molecule has 1 aliphatic rings. The van der Waals surface area contributed by atoms with Crippen molar-refractivity contribution in [3.8, 4) is 0 Å². The summed E-state index contributed by atoms with van der Waals surface area (Å²) < 4.78 is 26.6. The predicted molar refractivity (Wildman–Crippen MR) is 83.7 cm³/mol. The highest BCUT2D eigenvalue weighted by Crippen LogP contribution is 2.38. The molecule has 0 radical (unpaired) electrons. The first-order valence-electron chi connectivity index (χ1n) is 8.26. The minimum atomic E-state index is -2.43. The van der Waals surface area contributed by atoms with Crippen molar-refractivity contribution in [2.24, 2.45) is 5.92 Å². The zero-order valence-corrected chi connectivity index (χ0v) is 13.0. The van der Waals surface area contributed by atoms with Crippen molar-refractivity contribution in [1.82, 2.24) is 5.32 Å². The quantitative estimate of drug-likeness (QED) is 0.761. The Morgan fingerprint density at radius 1 is 1.19 bits per heavy atom. The van der Waals surface area contributed by atoms with Crippen LogP contribution in [0, 0.1) is 5.92 Å². The van der Waals surface area contributed by atoms with Gasteiger partial charge in [-0.15, -0.1) is 0 Å².